The molecule has 1 aliphatic heterocycles. The minimum absolute atomic E-state index is 0.193. The van der Waals surface area contributed by atoms with Crippen molar-refractivity contribution in [2.75, 3.05) is 19.6 Å². The Morgan fingerprint density at radius 3 is 2.00 bits per heavy atom. The predicted molar refractivity (Wildman–Crippen MR) is 53.0 cm³/mol. The van der Waals surface area contributed by atoms with Gasteiger partial charge in [-0.3, -0.25) is 4.90 Å². The van der Waals surface area contributed by atoms with Crippen LogP contribution in [0.1, 0.15) is 27.7 Å². The SMILES string of the molecule is CC1CN(C(C)(C)CN)CC1C. The molecule has 0 radical (unpaired) electrons. The van der Waals surface area contributed by atoms with Gasteiger partial charge in [0.15, 0.2) is 0 Å². The fraction of sp³-hybridized carbons (Fsp3) is 1.00. The smallest absolute Gasteiger partial charge is 0.0275 e. The van der Waals surface area contributed by atoms with Gasteiger partial charge in [-0.05, 0) is 25.7 Å². The highest BCUT2D eigenvalue weighted by atomic mass is 15.2. The molecule has 72 valence electrons. The van der Waals surface area contributed by atoms with Gasteiger partial charge < -0.3 is 5.73 Å². The standard InChI is InChI=1S/C10H22N2/c1-8-5-12(6-9(8)2)10(3,4)7-11/h8-9H,5-7,11H2,1-4H3. The Balaban J connectivity index is 2.56. The average Bonchev–Trinajstić information content (AvgIpc) is 2.33. The number of rotatable bonds is 2. The molecule has 2 heteroatoms. The van der Waals surface area contributed by atoms with Crippen molar-refractivity contribution in [3.63, 3.8) is 0 Å². The van der Waals surface area contributed by atoms with E-state index in [1.165, 1.54) is 13.1 Å². The molecule has 0 saturated carbocycles. The van der Waals surface area contributed by atoms with Crippen LogP contribution in [0.4, 0.5) is 0 Å². The highest BCUT2D eigenvalue weighted by Gasteiger charge is 2.34. The Morgan fingerprint density at radius 2 is 1.67 bits per heavy atom. The van der Waals surface area contributed by atoms with Crippen molar-refractivity contribution in [2.45, 2.75) is 33.2 Å². The van der Waals surface area contributed by atoms with E-state index in [9.17, 15) is 0 Å². The van der Waals surface area contributed by atoms with E-state index >= 15 is 0 Å². The van der Waals surface area contributed by atoms with Gasteiger partial charge in [0, 0.05) is 25.2 Å². The van der Waals surface area contributed by atoms with E-state index in [0.29, 0.717) is 0 Å². The van der Waals surface area contributed by atoms with Crippen LogP contribution in [-0.2, 0) is 0 Å². The first-order valence-corrected chi connectivity index (χ1v) is 4.92. The fourth-order valence-corrected chi connectivity index (χ4v) is 1.75. The van der Waals surface area contributed by atoms with Gasteiger partial charge in [-0.25, -0.2) is 0 Å². The molecule has 0 bridgehead atoms. The maximum Gasteiger partial charge on any atom is 0.0275 e. The molecule has 0 aliphatic carbocycles. The number of nitrogens with zero attached hydrogens (tertiary/aromatic N) is 1. The Kier molecular flexibility index (Phi) is 2.79. The lowest BCUT2D eigenvalue weighted by Gasteiger charge is -2.34. The number of hydrogen-bond acceptors (Lipinski definition) is 2. The normalized spacial score (nSPS) is 32.8. The lowest BCUT2D eigenvalue weighted by Crippen LogP contribution is -2.48. The van der Waals surface area contributed by atoms with Crippen LogP contribution >= 0.6 is 0 Å². The van der Waals surface area contributed by atoms with Gasteiger partial charge in [-0.1, -0.05) is 13.8 Å². The first kappa shape index (κ1) is 10.0. The molecule has 1 fully saturated rings. The van der Waals surface area contributed by atoms with Crippen LogP contribution in [-0.4, -0.2) is 30.1 Å². The summed E-state index contributed by atoms with van der Waals surface area (Å²) in [5.41, 5.74) is 5.93. The molecule has 1 aliphatic rings. The summed E-state index contributed by atoms with van der Waals surface area (Å²) in [6.07, 6.45) is 0. The van der Waals surface area contributed by atoms with Crippen LogP contribution in [0.5, 0.6) is 0 Å². The summed E-state index contributed by atoms with van der Waals surface area (Å²) in [5.74, 6) is 1.66. The van der Waals surface area contributed by atoms with Crippen LogP contribution in [0.2, 0.25) is 0 Å². The maximum absolute atomic E-state index is 5.74. The molecule has 2 unspecified atom stereocenters. The summed E-state index contributed by atoms with van der Waals surface area (Å²) in [6, 6.07) is 0. The lowest BCUT2D eigenvalue weighted by molar-refractivity contribution is 0.155. The predicted octanol–water partition coefficient (Wildman–Crippen LogP) is 1.31. The molecule has 0 amide bonds. The minimum atomic E-state index is 0.193. The molecule has 1 heterocycles. The second kappa shape index (κ2) is 3.35. The third kappa shape index (κ3) is 1.80. The van der Waals surface area contributed by atoms with Gasteiger partial charge in [0.1, 0.15) is 0 Å². The van der Waals surface area contributed by atoms with Crippen LogP contribution in [0.25, 0.3) is 0 Å². The Bertz CT molecular complexity index is 144. The van der Waals surface area contributed by atoms with Crippen molar-refractivity contribution in [3.05, 3.63) is 0 Å². The lowest BCUT2D eigenvalue weighted by atomic mass is 10.0. The largest absolute Gasteiger partial charge is 0.329 e. The Hall–Kier alpha value is -0.0800. The van der Waals surface area contributed by atoms with Crippen LogP contribution < -0.4 is 5.73 Å². The van der Waals surface area contributed by atoms with E-state index < -0.39 is 0 Å². The zero-order valence-electron chi connectivity index (χ0n) is 8.80. The third-order valence-corrected chi connectivity index (χ3v) is 3.34. The third-order valence-electron chi connectivity index (χ3n) is 3.34. The number of nitrogens with two attached hydrogens (primary N) is 1. The molecule has 0 aromatic carbocycles. The summed E-state index contributed by atoms with van der Waals surface area (Å²) in [7, 11) is 0. The van der Waals surface area contributed by atoms with Crippen molar-refractivity contribution >= 4 is 0 Å². The van der Waals surface area contributed by atoms with Crippen molar-refractivity contribution in [3.8, 4) is 0 Å². The van der Waals surface area contributed by atoms with Crippen molar-refractivity contribution in [2.24, 2.45) is 17.6 Å². The average molecular weight is 170 g/mol. The molecule has 1 rings (SSSR count). The van der Waals surface area contributed by atoms with E-state index in [1.807, 2.05) is 0 Å². The molecular weight excluding hydrogens is 148 g/mol. The fourth-order valence-electron chi connectivity index (χ4n) is 1.75. The van der Waals surface area contributed by atoms with Crippen LogP contribution in [0.15, 0.2) is 0 Å². The highest BCUT2D eigenvalue weighted by molar-refractivity contribution is 4.89. The Labute approximate surface area is 76.1 Å². The Morgan fingerprint density at radius 1 is 1.25 bits per heavy atom. The van der Waals surface area contributed by atoms with Crippen LogP contribution in [0, 0.1) is 11.8 Å². The topological polar surface area (TPSA) is 29.3 Å². The summed E-state index contributed by atoms with van der Waals surface area (Å²) >= 11 is 0. The van der Waals surface area contributed by atoms with Gasteiger partial charge in [-0.2, -0.15) is 0 Å². The summed E-state index contributed by atoms with van der Waals surface area (Å²) < 4.78 is 0. The first-order chi connectivity index (χ1) is 5.47. The van der Waals surface area contributed by atoms with Gasteiger partial charge in [0.25, 0.3) is 0 Å². The minimum Gasteiger partial charge on any atom is -0.329 e. The molecule has 1 saturated heterocycles. The van der Waals surface area contributed by atoms with Crippen molar-refractivity contribution in [1.82, 2.24) is 4.90 Å². The molecule has 0 aromatic heterocycles. The van der Waals surface area contributed by atoms with E-state index in [1.54, 1.807) is 0 Å². The number of hydrogen-bond donors (Lipinski definition) is 1. The molecular formula is C10H22N2. The quantitative estimate of drug-likeness (QED) is 0.677. The van der Waals surface area contributed by atoms with Gasteiger partial charge in [0.2, 0.25) is 0 Å². The zero-order valence-corrected chi connectivity index (χ0v) is 8.80. The maximum atomic E-state index is 5.74. The van der Waals surface area contributed by atoms with Gasteiger partial charge in [0.05, 0.1) is 0 Å². The second-order valence-electron chi connectivity index (χ2n) is 4.88. The molecule has 0 spiro atoms. The van der Waals surface area contributed by atoms with E-state index in [0.717, 1.165) is 18.4 Å². The van der Waals surface area contributed by atoms with Crippen LogP contribution in [0.3, 0.4) is 0 Å². The monoisotopic (exact) mass is 170 g/mol. The van der Waals surface area contributed by atoms with Crippen molar-refractivity contribution < 1.29 is 0 Å². The van der Waals surface area contributed by atoms with E-state index in [-0.39, 0.29) is 5.54 Å². The van der Waals surface area contributed by atoms with Crippen molar-refractivity contribution in [1.29, 1.82) is 0 Å². The molecule has 2 nitrogen and oxygen atoms in total. The number of likely N-dealkylation sites (tertiary alicyclic amines) is 1. The van der Waals surface area contributed by atoms with E-state index in [2.05, 4.69) is 32.6 Å². The first-order valence-electron chi connectivity index (χ1n) is 4.92. The summed E-state index contributed by atoms with van der Waals surface area (Å²) in [6.45, 7) is 12.3. The molecule has 2 N–H and O–H groups in total. The molecule has 0 aromatic rings. The summed E-state index contributed by atoms with van der Waals surface area (Å²) in [4.78, 5) is 2.52. The highest BCUT2D eigenvalue weighted by Crippen LogP contribution is 2.27. The summed E-state index contributed by atoms with van der Waals surface area (Å²) in [5, 5.41) is 0. The second-order valence-corrected chi connectivity index (χ2v) is 4.88. The molecule has 12 heavy (non-hydrogen) atoms. The van der Waals surface area contributed by atoms with Gasteiger partial charge >= 0.3 is 0 Å². The van der Waals surface area contributed by atoms with Gasteiger partial charge in [-0.15, -0.1) is 0 Å². The zero-order chi connectivity index (χ0) is 9.35. The van der Waals surface area contributed by atoms with E-state index in [4.69, 9.17) is 5.73 Å². The molecule has 2 atom stereocenters.